The molecule has 2 aromatic heterocycles. The van der Waals surface area contributed by atoms with Crippen molar-refractivity contribution in [3.8, 4) is 0 Å². The third kappa shape index (κ3) is 2.83. The number of nitrogens with zero attached hydrogens (tertiary/aromatic N) is 1. The summed E-state index contributed by atoms with van der Waals surface area (Å²) in [6.07, 6.45) is 1.61. The van der Waals surface area contributed by atoms with Gasteiger partial charge in [0.1, 0.15) is 4.21 Å². The minimum Gasteiger partial charge on any atom is -0.391 e. The van der Waals surface area contributed by atoms with Crippen LogP contribution in [0, 0.1) is 6.92 Å². The maximum atomic E-state index is 11.9. The highest BCUT2D eigenvalue weighted by Crippen LogP contribution is 2.25. The molecule has 0 aromatic carbocycles. The number of hydrogen-bond donors (Lipinski definition) is 2. The lowest BCUT2D eigenvalue weighted by Gasteiger charge is -2.01. The Morgan fingerprint density at radius 3 is 2.71 bits per heavy atom. The second-order valence-corrected chi connectivity index (χ2v) is 7.57. The molecule has 17 heavy (non-hydrogen) atoms. The van der Waals surface area contributed by atoms with Crippen LogP contribution in [-0.4, -0.2) is 18.5 Å². The number of aliphatic hydroxyl groups excluding tert-OH is 1. The van der Waals surface area contributed by atoms with Gasteiger partial charge in [0, 0.05) is 16.0 Å². The third-order valence-electron chi connectivity index (χ3n) is 1.90. The molecule has 0 radical (unpaired) electrons. The first-order valence-electron chi connectivity index (χ1n) is 4.66. The van der Waals surface area contributed by atoms with Crippen LogP contribution in [0.3, 0.4) is 0 Å². The molecule has 0 spiro atoms. The fourth-order valence-corrected chi connectivity index (χ4v) is 4.28. The van der Waals surface area contributed by atoms with Gasteiger partial charge in [-0.2, -0.15) is 0 Å². The molecule has 8 heteroatoms. The van der Waals surface area contributed by atoms with Gasteiger partial charge in [0.2, 0.25) is 0 Å². The van der Waals surface area contributed by atoms with E-state index in [0.717, 1.165) is 16.2 Å². The van der Waals surface area contributed by atoms with Gasteiger partial charge in [-0.3, -0.25) is 4.72 Å². The molecule has 2 N–H and O–H groups in total. The van der Waals surface area contributed by atoms with Crippen LogP contribution in [0.5, 0.6) is 0 Å². The second-order valence-electron chi connectivity index (χ2n) is 3.26. The van der Waals surface area contributed by atoms with Crippen LogP contribution >= 0.6 is 22.7 Å². The molecule has 0 fully saturated rings. The van der Waals surface area contributed by atoms with Crippen LogP contribution in [0.15, 0.2) is 22.5 Å². The highest BCUT2D eigenvalue weighted by molar-refractivity contribution is 7.94. The molecule has 0 aliphatic heterocycles. The first-order valence-corrected chi connectivity index (χ1v) is 7.78. The summed E-state index contributed by atoms with van der Waals surface area (Å²) in [7, 11) is -3.58. The Labute approximate surface area is 107 Å². The number of anilines is 1. The van der Waals surface area contributed by atoms with E-state index in [1.54, 1.807) is 12.3 Å². The van der Waals surface area contributed by atoms with Crippen molar-refractivity contribution in [3.05, 3.63) is 28.1 Å². The zero-order chi connectivity index (χ0) is 12.5. The number of aromatic nitrogens is 1. The van der Waals surface area contributed by atoms with Crippen LogP contribution < -0.4 is 4.72 Å². The van der Waals surface area contributed by atoms with E-state index in [0.29, 0.717) is 10.0 Å². The number of aryl methyl sites for hydroxylation is 1. The zero-order valence-electron chi connectivity index (χ0n) is 8.87. The number of thiophene rings is 1. The van der Waals surface area contributed by atoms with Crippen molar-refractivity contribution in [2.24, 2.45) is 0 Å². The predicted molar refractivity (Wildman–Crippen MR) is 67.9 cm³/mol. The Balaban J connectivity index is 2.24. The van der Waals surface area contributed by atoms with E-state index in [2.05, 4.69) is 9.71 Å². The Morgan fingerprint density at radius 1 is 1.41 bits per heavy atom. The topological polar surface area (TPSA) is 79.3 Å². The molecule has 5 nitrogen and oxygen atoms in total. The van der Waals surface area contributed by atoms with Gasteiger partial charge in [0.15, 0.2) is 5.13 Å². The van der Waals surface area contributed by atoms with Crippen molar-refractivity contribution in [3.63, 3.8) is 0 Å². The van der Waals surface area contributed by atoms with Crippen LogP contribution in [0.25, 0.3) is 0 Å². The molecule has 0 bridgehead atoms. The van der Waals surface area contributed by atoms with E-state index >= 15 is 0 Å². The van der Waals surface area contributed by atoms with E-state index in [-0.39, 0.29) is 10.8 Å². The zero-order valence-corrected chi connectivity index (χ0v) is 11.3. The SMILES string of the molecule is Cc1cnc(NS(=O)(=O)c2ccc(CO)s2)s1. The molecule has 0 amide bonds. The quantitative estimate of drug-likeness (QED) is 0.900. The summed E-state index contributed by atoms with van der Waals surface area (Å²) in [6.45, 7) is 1.70. The molecule has 0 saturated carbocycles. The molecule has 0 unspecified atom stereocenters. The highest BCUT2D eigenvalue weighted by Gasteiger charge is 2.18. The van der Waals surface area contributed by atoms with Crippen molar-refractivity contribution >= 4 is 37.8 Å². The molecule has 0 aliphatic carbocycles. The standard InChI is InChI=1S/C9H10N2O3S3/c1-6-4-10-9(15-6)11-17(13,14)8-3-2-7(5-12)16-8/h2-4,12H,5H2,1H3,(H,10,11). The van der Waals surface area contributed by atoms with Crippen molar-refractivity contribution < 1.29 is 13.5 Å². The number of nitrogens with one attached hydrogen (secondary N) is 1. The summed E-state index contributed by atoms with van der Waals surface area (Å²) >= 11 is 2.32. The van der Waals surface area contributed by atoms with Crippen molar-refractivity contribution in [1.82, 2.24) is 4.98 Å². The highest BCUT2D eigenvalue weighted by atomic mass is 32.2. The molecule has 2 heterocycles. The van der Waals surface area contributed by atoms with E-state index < -0.39 is 10.0 Å². The Kier molecular flexibility index (Phi) is 3.48. The monoisotopic (exact) mass is 290 g/mol. The minimum absolute atomic E-state index is 0.156. The number of rotatable bonds is 4. The van der Waals surface area contributed by atoms with Gasteiger partial charge in [-0.15, -0.1) is 22.7 Å². The van der Waals surface area contributed by atoms with Crippen LogP contribution in [-0.2, 0) is 16.6 Å². The maximum Gasteiger partial charge on any atom is 0.273 e. The van der Waals surface area contributed by atoms with Gasteiger partial charge in [-0.25, -0.2) is 13.4 Å². The molecular formula is C9H10N2O3S3. The molecule has 92 valence electrons. The van der Waals surface area contributed by atoms with Crippen molar-refractivity contribution in [1.29, 1.82) is 0 Å². The largest absolute Gasteiger partial charge is 0.391 e. The van der Waals surface area contributed by atoms with E-state index in [1.807, 2.05) is 6.92 Å². The average molecular weight is 290 g/mol. The number of sulfonamides is 1. The predicted octanol–water partition coefficient (Wildman–Crippen LogP) is 1.81. The summed E-state index contributed by atoms with van der Waals surface area (Å²) in [5.41, 5.74) is 0. The van der Waals surface area contributed by atoms with Crippen LogP contribution in [0.1, 0.15) is 9.75 Å². The summed E-state index contributed by atoms with van der Waals surface area (Å²) in [4.78, 5) is 5.48. The van der Waals surface area contributed by atoms with E-state index in [9.17, 15) is 8.42 Å². The summed E-state index contributed by atoms with van der Waals surface area (Å²) in [5, 5.41) is 9.24. The van der Waals surface area contributed by atoms with Gasteiger partial charge in [0.05, 0.1) is 6.61 Å². The lowest BCUT2D eigenvalue weighted by Crippen LogP contribution is -2.10. The van der Waals surface area contributed by atoms with Gasteiger partial charge in [-0.05, 0) is 19.1 Å². The van der Waals surface area contributed by atoms with Crippen molar-refractivity contribution in [2.45, 2.75) is 17.7 Å². The minimum atomic E-state index is -3.58. The fraction of sp³-hybridized carbons (Fsp3) is 0.222. The third-order valence-corrected chi connectivity index (χ3v) is 5.76. The van der Waals surface area contributed by atoms with Gasteiger partial charge in [-0.1, -0.05) is 0 Å². The average Bonchev–Trinajstić information content (AvgIpc) is 2.86. The summed E-state index contributed by atoms with van der Waals surface area (Å²) in [6, 6.07) is 3.06. The van der Waals surface area contributed by atoms with Gasteiger partial charge >= 0.3 is 0 Å². The Hall–Kier alpha value is -0.960. The lowest BCUT2D eigenvalue weighted by molar-refractivity contribution is 0.285. The molecule has 0 saturated heterocycles. The number of aliphatic hydroxyl groups is 1. The fourth-order valence-electron chi connectivity index (χ4n) is 1.15. The smallest absolute Gasteiger partial charge is 0.273 e. The lowest BCUT2D eigenvalue weighted by atomic mass is 10.5. The van der Waals surface area contributed by atoms with Gasteiger partial charge in [0.25, 0.3) is 10.0 Å². The first-order chi connectivity index (χ1) is 8.01. The summed E-state index contributed by atoms with van der Waals surface area (Å²) < 4.78 is 26.4. The van der Waals surface area contributed by atoms with E-state index in [1.165, 1.54) is 17.4 Å². The van der Waals surface area contributed by atoms with Crippen LogP contribution in [0.4, 0.5) is 5.13 Å². The van der Waals surface area contributed by atoms with Crippen LogP contribution in [0.2, 0.25) is 0 Å². The van der Waals surface area contributed by atoms with Crippen molar-refractivity contribution in [2.75, 3.05) is 4.72 Å². The second kappa shape index (κ2) is 4.73. The Bertz CT molecular complexity index is 615. The number of thiazole rings is 1. The normalized spacial score (nSPS) is 11.6. The molecular weight excluding hydrogens is 280 g/mol. The Morgan fingerprint density at radius 2 is 2.18 bits per heavy atom. The summed E-state index contributed by atoms with van der Waals surface area (Å²) in [5.74, 6) is 0. The van der Waals surface area contributed by atoms with E-state index in [4.69, 9.17) is 5.11 Å². The maximum absolute atomic E-state index is 11.9. The van der Waals surface area contributed by atoms with Gasteiger partial charge < -0.3 is 5.11 Å². The molecule has 0 aliphatic rings. The molecule has 2 rings (SSSR count). The molecule has 2 aromatic rings. The molecule has 0 atom stereocenters. The first kappa shape index (κ1) is 12.5. The number of hydrogen-bond acceptors (Lipinski definition) is 6.